The van der Waals surface area contributed by atoms with Gasteiger partial charge in [-0.05, 0) is 30.3 Å². The fraction of sp³-hybridized carbons (Fsp3) is 0.278. The van der Waals surface area contributed by atoms with Crippen molar-refractivity contribution in [2.24, 2.45) is 10.4 Å². The Kier molecular flexibility index (Phi) is 3.78. The first-order valence-corrected chi connectivity index (χ1v) is 7.53. The lowest BCUT2D eigenvalue weighted by Crippen LogP contribution is -2.41. The second kappa shape index (κ2) is 5.54. The molecule has 0 spiro atoms. The SMILES string of the molecule is CC(C)(C)C1=Nc2ccc(C(F)(F)F)cc2N(c2ccccc2)[N]1. The van der Waals surface area contributed by atoms with Gasteiger partial charge in [-0.3, -0.25) is 0 Å². The lowest BCUT2D eigenvalue weighted by atomic mass is 9.94. The number of fused-ring (bicyclic) bond motifs is 1. The molecule has 1 aliphatic heterocycles. The minimum absolute atomic E-state index is 0.323. The number of amidine groups is 1. The van der Waals surface area contributed by atoms with Crippen molar-refractivity contribution in [3.63, 3.8) is 0 Å². The Morgan fingerprint density at radius 2 is 1.58 bits per heavy atom. The summed E-state index contributed by atoms with van der Waals surface area (Å²) in [6, 6.07) is 12.6. The first-order chi connectivity index (χ1) is 11.2. The molecule has 0 bridgehead atoms. The fourth-order valence-electron chi connectivity index (χ4n) is 2.33. The molecule has 0 N–H and O–H groups in total. The zero-order valence-corrected chi connectivity index (χ0v) is 13.6. The molecule has 0 amide bonds. The molecule has 3 nitrogen and oxygen atoms in total. The van der Waals surface area contributed by atoms with Crippen LogP contribution in [0.25, 0.3) is 0 Å². The smallest absolute Gasteiger partial charge is 0.230 e. The van der Waals surface area contributed by atoms with Gasteiger partial charge < -0.3 is 0 Å². The Balaban J connectivity index is 2.17. The summed E-state index contributed by atoms with van der Waals surface area (Å²) in [5, 5.41) is 1.53. The van der Waals surface area contributed by atoms with E-state index < -0.39 is 11.7 Å². The second-order valence-corrected chi connectivity index (χ2v) is 6.63. The quantitative estimate of drug-likeness (QED) is 0.682. The molecule has 0 unspecified atom stereocenters. The highest BCUT2D eigenvalue weighted by molar-refractivity contribution is 5.96. The summed E-state index contributed by atoms with van der Waals surface area (Å²) < 4.78 is 39.2. The molecule has 0 fully saturated rings. The molecule has 0 aliphatic carbocycles. The van der Waals surface area contributed by atoms with Crippen LogP contribution in [0.2, 0.25) is 0 Å². The van der Waals surface area contributed by atoms with Crippen LogP contribution in [0.4, 0.5) is 30.2 Å². The van der Waals surface area contributed by atoms with Crippen LogP contribution in [-0.4, -0.2) is 5.84 Å². The lowest BCUT2D eigenvalue weighted by Gasteiger charge is -2.33. The van der Waals surface area contributed by atoms with Gasteiger partial charge in [0, 0.05) is 5.41 Å². The number of aliphatic imine (C=N–C) groups is 1. The fourth-order valence-corrected chi connectivity index (χ4v) is 2.33. The molecule has 0 saturated carbocycles. The van der Waals surface area contributed by atoms with Crippen molar-refractivity contribution in [1.82, 2.24) is 5.43 Å². The van der Waals surface area contributed by atoms with Gasteiger partial charge in [-0.15, -0.1) is 0 Å². The number of nitrogens with zero attached hydrogens (tertiary/aromatic N) is 3. The van der Waals surface area contributed by atoms with Crippen LogP contribution in [0.5, 0.6) is 0 Å². The van der Waals surface area contributed by atoms with E-state index >= 15 is 0 Å². The molecule has 0 atom stereocenters. The Labute approximate surface area is 138 Å². The number of rotatable bonds is 1. The summed E-state index contributed by atoms with van der Waals surface area (Å²) >= 11 is 0. The number of hydrogen-bond acceptors (Lipinski definition) is 2. The predicted molar refractivity (Wildman–Crippen MR) is 88.7 cm³/mol. The van der Waals surface area contributed by atoms with Gasteiger partial charge in [0.15, 0.2) is 5.84 Å². The number of benzene rings is 2. The summed E-state index contributed by atoms with van der Waals surface area (Å²) in [5.74, 6) is 0.568. The van der Waals surface area contributed by atoms with Gasteiger partial charge in [0.2, 0.25) is 0 Å². The maximum atomic E-state index is 13.1. The van der Waals surface area contributed by atoms with Gasteiger partial charge in [0.25, 0.3) is 0 Å². The molecule has 1 radical (unpaired) electrons. The molecule has 24 heavy (non-hydrogen) atoms. The van der Waals surface area contributed by atoms with Gasteiger partial charge in [-0.2, -0.15) is 18.6 Å². The van der Waals surface area contributed by atoms with E-state index in [4.69, 9.17) is 0 Å². The standard InChI is InChI=1S/C18H17F3N3/c1-17(2,3)16-22-14-10-9-12(18(19,20)21)11-15(14)24(23-16)13-7-5-4-6-8-13/h4-11H,1-3H3. The summed E-state index contributed by atoms with van der Waals surface area (Å²) in [7, 11) is 0. The van der Waals surface area contributed by atoms with E-state index in [2.05, 4.69) is 10.4 Å². The van der Waals surface area contributed by atoms with Gasteiger partial charge in [-0.1, -0.05) is 39.0 Å². The molecule has 3 rings (SSSR count). The van der Waals surface area contributed by atoms with Gasteiger partial charge in [0.1, 0.15) is 0 Å². The molecule has 6 heteroatoms. The van der Waals surface area contributed by atoms with Crippen LogP contribution in [0, 0.1) is 5.41 Å². The Hall–Kier alpha value is -2.50. The molecule has 2 aromatic carbocycles. The van der Waals surface area contributed by atoms with E-state index in [9.17, 15) is 13.2 Å². The number of alkyl halides is 3. The number of anilines is 2. The van der Waals surface area contributed by atoms with Crippen LogP contribution in [0.1, 0.15) is 26.3 Å². The van der Waals surface area contributed by atoms with Gasteiger partial charge in [0.05, 0.1) is 22.6 Å². The average molecular weight is 332 g/mol. The minimum Gasteiger partial charge on any atom is -0.230 e. The van der Waals surface area contributed by atoms with Crippen LogP contribution in [0.15, 0.2) is 53.5 Å². The summed E-state index contributed by atoms with van der Waals surface area (Å²) in [6.45, 7) is 5.90. The van der Waals surface area contributed by atoms with E-state index in [0.717, 1.165) is 12.1 Å². The third-order valence-electron chi connectivity index (χ3n) is 3.62. The van der Waals surface area contributed by atoms with Crippen molar-refractivity contribution in [1.29, 1.82) is 0 Å². The summed E-state index contributed by atoms with van der Waals surface area (Å²) in [5.41, 5.74) is 4.95. The van der Waals surface area contributed by atoms with E-state index in [1.165, 1.54) is 11.1 Å². The van der Waals surface area contributed by atoms with Crippen LogP contribution >= 0.6 is 0 Å². The average Bonchev–Trinajstić information content (AvgIpc) is 2.52. The minimum atomic E-state index is -4.41. The van der Waals surface area contributed by atoms with Gasteiger partial charge >= 0.3 is 6.18 Å². The molecule has 1 heterocycles. The Morgan fingerprint density at radius 1 is 0.917 bits per heavy atom. The van der Waals surface area contributed by atoms with Crippen molar-refractivity contribution in [3.05, 3.63) is 54.1 Å². The third kappa shape index (κ3) is 3.09. The molecular formula is C18H17F3N3. The Morgan fingerprint density at radius 3 is 2.17 bits per heavy atom. The lowest BCUT2D eigenvalue weighted by molar-refractivity contribution is -0.137. The zero-order valence-electron chi connectivity index (χ0n) is 13.6. The first-order valence-electron chi connectivity index (χ1n) is 7.53. The number of para-hydroxylation sites is 1. The van der Waals surface area contributed by atoms with Crippen LogP contribution < -0.4 is 10.4 Å². The Bertz CT molecular complexity index is 774. The van der Waals surface area contributed by atoms with Crippen LogP contribution in [0.3, 0.4) is 0 Å². The van der Waals surface area contributed by atoms with Crippen molar-refractivity contribution in [3.8, 4) is 0 Å². The van der Waals surface area contributed by atoms with Crippen LogP contribution in [-0.2, 0) is 6.18 Å². The van der Waals surface area contributed by atoms with Crippen molar-refractivity contribution in [2.45, 2.75) is 26.9 Å². The topological polar surface area (TPSA) is 29.7 Å². The number of hydrogen-bond donors (Lipinski definition) is 0. The van der Waals surface area contributed by atoms with E-state index in [1.54, 1.807) is 12.1 Å². The zero-order chi connectivity index (χ0) is 17.5. The molecule has 0 aromatic heterocycles. The molecule has 2 aromatic rings. The van der Waals surface area contributed by atoms with Crippen molar-refractivity contribution < 1.29 is 13.2 Å². The van der Waals surface area contributed by atoms with E-state index in [1.807, 2.05) is 39.0 Å². The maximum Gasteiger partial charge on any atom is 0.416 e. The maximum absolute atomic E-state index is 13.1. The third-order valence-corrected chi connectivity index (χ3v) is 3.62. The summed E-state index contributed by atoms with van der Waals surface area (Å²) in [4.78, 5) is 4.46. The van der Waals surface area contributed by atoms with Gasteiger partial charge in [-0.25, -0.2) is 10.0 Å². The number of halogens is 3. The summed E-state index contributed by atoms with van der Waals surface area (Å²) in [6.07, 6.45) is -4.41. The van der Waals surface area contributed by atoms with E-state index in [0.29, 0.717) is 22.9 Å². The molecule has 125 valence electrons. The monoisotopic (exact) mass is 332 g/mol. The molecular weight excluding hydrogens is 315 g/mol. The first kappa shape index (κ1) is 16.4. The largest absolute Gasteiger partial charge is 0.416 e. The second-order valence-electron chi connectivity index (χ2n) is 6.63. The highest BCUT2D eigenvalue weighted by atomic mass is 19.4. The van der Waals surface area contributed by atoms with Crippen molar-refractivity contribution in [2.75, 3.05) is 5.01 Å². The predicted octanol–water partition coefficient (Wildman–Crippen LogP) is 5.45. The van der Waals surface area contributed by atoms with E-state index in [-0.39, 0.29) is 5.41 Å². The highest BCUT2D eigenvalue weighted by Gasteiger charge is 2.34. The molecule has 0 saturated heterocycles. The highest BCUT2D eigenvalue weighted by Crippen LogP contribution is 2.42. The van der Waals surface area contributed by atoms with Crippen molar-refractivity contribution >= 4 is 22.9 Å². The molecule has 1 aliphatic rings. The normalized spacial score (nSPS) is 14.8.